The van der Waals surface area contributed by atoms with E-state index in [1.54, 1.807) is 0 Å². The zero-order valence-corrected chi connectivity index (χ0v) is 7.98. The summed E-state index contributed by atoms with van der Waals surface area (Å²) in [5.74, 6) is 0. The van der Waals surface area contributed by atoms with Crippen LogP contribution in [0.25, 0.3) is 0 Å². The summed E-state index contributed by atoms with van der Waals surface area (Å²) in [4.78, 5) is 0. The normalized spacial score (nSPS) is 42.7. The molecule has 0 saturated carbocycles. The van der Waals surface area contributed by atoms with Gasteiger partial charge in [-0.3, -0.25) is 4.55 Å². The number of aliphatic hydroxyl groups excluding tert-OH is 1. The molecule has 0 aromatic heterocycles. The molecule has 0 radical (unpaired) electrons. The van der Waals surface area contributed by atoms with Gasteiger partial charge in [0.1, 0.15) is 6.04 Å². The molecule has 8 heteroatoms. The van der Waals surface area contributed by atoms with Crippen LogP contribution in [0.4, 0.5) is 0 Å². The van der Waals surface area contributed by atoms with E-state index in [0.717, 1.165) is 0 Å². The third kappa shape index (κ3) is 2.05. The van der Waals surface area contributed by atoms with E-state index in [1.807, 2.05) is 4.72 Å². The molecule has 82 valence electrons. The van der Waals surface area contributed by atoms with E-state index in [1.165, 1.54) is 0 Å². The third-order valence-electron chi connectivity index (χ3n) is 2.27. The Kier molecular flexibility index (Phi) is 2.50. The summed E-state index contributed by atoms with van der Waals surface area (Å²) in [5, 5.41) is 9.52. The first-order valence-electron chi connectivity index (χ1n) is 4.15. The van der Waals surface area contributed by atoms with Gasteiger partial charge in [-0.2, -0.15) is 13.1 Å². The van der Waals surface area contributed by atoms with Gasteiger partial charge in [0.15, 0.2) is 6.29 Å². The molecular weight excluding hydrogens is 214 g/mol. The molecule has 0 aliphatic carbocycles. The van der Waals surface area contributed by atoms with E-state index in [0.29, 0.717) is 13.0 Å². The first kappa shape index (κ1) is 10.3. The molecule has 7 nitrogen and oxygen atoms in total. The van der Waals surface area contributed by atoms with Crippen LogP contribution in [0.1, 0.15) is 6.42 Å². The summed E-state index contributed by atoms with van der Waals surface area (Å²) < 4.78 is 41.8. The standard InChI is InChI=1S/C6H11NO6S/c8-4-1-3-2-12-6(13-3)5(4)7-14(9,10)11/h3-8H,1-2H2,(H,9,10,11)/t3?,4-,5?,6-/m0/s1. The van der Waals surface area contributed by atoms with E-state index in [4.69, 9.17) is 14.0 Å². The predicted molar refractivity (Wildman–Crippen MR) is 43.7 cm³/mol. The minimum Gasteiger partial charge on any atom is -0.391 e. The van der Waals surface area contributed by atoms with Crippen molar-refractivity contribution >= 4 is 10.3 Å². The fourth-order valence-electron chi connectivity index (χ4n) is 1.69. The smallest absolute Gasteiger partial charge is 0.333 e. The third-order valence-corrected chi connectivity index (χ3v) is 2.84. The minimum atomic E-state index is -4.35. The summed E-state index contributed by atoms with van der Waals surface area (Å²) in [6.07, 6.45) is -1.60. The van der Waals surface area contributed by atoms with Gasteiger partial charge in [0.2, 0.25) is 0 Å². The minimum absolute atomic E-state index is 0.186. The molecule has 2 aliphatic rings. The number of rotatable bonds is 2. The predicted octanol–water partition coefficient (Wildman–Crippen LogP) is -1.75. The largest absolute Gasteiger partial charge is 0.391 e. The van der Waals surface area contributed by atoms with Crippen LogP contribution in [0.2, 0.25) is 0 Å². The highest BCUT2D eigenvalue weighted by atomic mass is 32.2. The second-order valence-corrected chi connectivity index (χ2v) is 4.57. The lowest BCUT2D eigenvalue weighted by Crippen LogP contribution is -2.54. The number of aliphatic hydroxyl groups is 1. The number of fused-ring (bicyclic) bond motifs is 2. The molecule has 0 aromatic rings. The first-order chi connectivity index (χ1) is 6.46. The Morgan fingerprint density at radius 3 is 2.79 bits per heavy atom. The Morgan fingerprint density at radius 1 is 1.43 bits per heavy atom. The Labute approximate surface area is 80.9 Å². The quantitative estimate of drug-likeness (QED) is 0.481. The lowest BCUT2D eigenvalue weighted by atomic mass is 10.0. The highest BCUT2D eigenvalue weighted by Gasteiger charge is 2.44. The van der Waals surface area contributed by atoms with Crippen LogP contribution in [0.5, 0.6) is 0 Å². The summed E-state index contributed by atoms with van der Waals surface area (Å²) >= 11 is 0. The van der Waals surface area contributed by atoms with E-state index in [2.05, 4.69) is 0 Å². The average Bonchev–Trinajstić information content (AvgIpc) is 2.41. The molecule has 2 heterocycles. The van der Waals surface area contributed by atoms with Crippen LogP contribution in [0.3, 0.4) is 0 Å². The van der Waals surface area contributed by atoms with Crippen LogP contribution in [-0.2, 0) is 19.8 Å². The zero-order valence-electron chi connectivity index (χ0n) is 7.16. The summed E-state index contributed by atoms with van der Waals surface area (Å²) in [6, 6.07) is -0.941. The molecule has 2 rings (SSSR count). The molecule has 14 heavy (non-hydrogen) atoms. The molecule has 4 atom stereocenters. The molecule has 2 saturated heterocycles. The average molecular weight is 225 g/mol. The first-order valence-corrected chi connectivity index (χ1v) is 5.59. The fourth-order valence-corrected chi connectivity index (χ4v) is 2.30. The monoisotopic (exact) mass is 225 g/mol. The molecule has 0 spiro atoms. The van der Waals surface area contributed by atoms with Crippen molar-refractivity contribution in [2.24, 2.45) is 0 Å². The SMILES string of the molecule is O=S(=O)(O)NC1[C@H]2OCC(C[C@@H]1O)O2. The Balaban J connectivity index is 2.09. The van der Waals surface area contributed by atoms with Gasteiger partial charge >= 0.3 is 10.3 Å². The van der Waals surface area contributed by atoms with Gasteiger partial charge in [-0.25, -0.2) is 0 Å². The Morgan fingerprint density at radius 2 is 2.14 bits per heavy atom. The molecule has 2 bridgehead atoms. The van der Waals surface area contributed by atoms with Crippen molar-refractivity contribution in [2.75, 3.05) is 6.61 Å². The lowest BCUT2D eigenvalue weighted by molar-refractivity contribution is -0.135. The van der Waals surface area contributed by atoms with E-state index >= 15 is 0 Å². The van der Waals surface area contributed by atoms with Gasteiger partial charge in [-0.05, 0) is 0 Å². The second kappa shape index (κ2) is 3.40. The maximum absolute atomic E-state index is 10.5. The number of hydrogen-bond acceptors (Lipinski definition) is 5. The molecule has 2 aliphatic heterocycles. The van der Waals surface area contributed by atoms with Crippen molar-refractivity contribution in [1.29, 1.82) is 0 Å². The van der Waals surface area contributed by atoms with Gasteiger partial charge in [-0.1, -0.05) is 0 Å². The molecule has 0 aromatic carbocycles. The van der Waals surface area contributed by atoms with Crippen LogP contribution in [-0.4, -0.2) is 49.2 Å². The van der Waals surface area contributed by atoms with Crippen molar-refractivity contribution in [3.05, 3.63) is 0 Å². The molecule has 0 amide bonds. The van der Waals surface area contributed by atoms with Crippen LogP contribution in [0.15, 0.2) is 0 Å². The molecule has 3 N–H and O–H groups in total. The second-order valence-electron chi connectivity index (χ2n) is 3.38. The lowest BCUT2D eigenvalue weighted by Gasteiger charge is -2.31. The highest BCUT2D eigenvalue weighted by molar-refractivity contribution is 7.83. The van der Waals surface area contributed by atoms with Gasteiger partial charge in [-0.15, -0.1) is 0 Å². The van der Waals surface area contributed by atoms with Crippen LogP contribution < -0.4 is 4.72 Å². The fraction of sp³-hybridized carbons (Fsp3) is 1.00. The zero-order chi connectivity index (χ0) is 10.3. The van der Waals surface area contributed by atoms with Crippen LogP contribution in [0, 0.1) is 0 Å². The number of nitrogens with one attached hydrogen (secondary N) is 1. The summed E-state index contributed by atoms with van der Waals surface area (Å²) in [7, 11) is -4.35. The van der Waals surface area contributed by atoms with E-state index in [9.17, 15) is 13.5 Å². The number of hydrogen-bond donors (Lipinski definition) is 3. The molecule has 2 fully saturated rings. The Bertz CT molecular complexity index is 316. The summed E-state index contributed by atoms with van der Waals surface area (Å²) in [6.45, 7) is 0.339. The van der Waals surface area contributed by atoms with Crippen molar-refractivity contribution in [3.8, 4) is 0 Å². The van der Waals surface area contributed by atoms with Gasteiger partial charge in [0.05, 0.1) is 18.8 Å². The Hall–Kier alpha value is -0.250. The van der Waals surface area contributed by atoms with Gasteiger partial charge in [0, 0.05) is 6.42 Å². The molecule has 2 unspecified atom stereocenters. The number of ether oxygens (including phenoxy) is 2. The maximum Gasteiger partial charge on any atom is 0.333 e. The maximum atomic E-state index is 10.5. The highest BCUT2D eigenvalue weighted by Crippen LogP contribution is 2.27. The van der Waals surface area contributed by atoms with E-state index < -0.39 is 28.7 Å². The van der Waals surface area contributed by atoms with E-state index in [-0.39, 0.29) is 6.10 Å². The van der Waals surface area contributed by atoms with Crippen molar-refractivity contribution < 1.29 is 27.6 Å². The topological polar surface area (TPSA) is 105 Å². The van der Waals surface area contributed by atoms with Crippen LogP contribution >= 0.6 is 0 Å². The van der Waals surface area contributed by atoms with Crippen molar-refractivity contribution in [3.63, 3.8) is 0 Å². The van der Waals surface area contributed by atoms with Gasteiger partial charge < -0.3 is 14.6 Å². The summed E-state index contributed by atoms with van der Waals surface area (Å²) in [5.41, 5.74) is 0. The molecular formula is C6H11NO6S. The van der Waals surface area contributed by atoms with Crippen molar-refractivity contribution in [2.45, 2.75) is 31.0 Å². The van der Waals surface area contributed by atoms with Crippen molar-refractivity contribution in [1.82, 2.24) is 4.72 Å². The van der Waals surface area contributed by atoms with Gasteiger partial charge in [0.25, 0.3) is 0 Å².